The molecule has 0 saturated carbocycles. The first-order chi connectivity index (χ1) is 9.99. The highest BCUT2D eigenvalue weighted by Crippen LogP contribution is 2.13. The summed E-state index contributed by atoms with van der Waals surface area (Å²) in [5.74, 6) is 0.836. The Morgan fingerprint density at radius 2 is 1.57 bits per heavy atom. The van der Waals surface area contributed by atoms with Crippen molar-refractivity contribution < 1.29 is 9.30 Å². The Bertz CT molecular complexity index is 586. The molecule has 2 aromatic rings. The molecule has 0 bridgehead atoms. The van der Waals surface area contributed by atoms with Gasteiger partial charge in [-0.25, -0.2) is 0 Å². The van der Waals surface area contributed by atoms with Gasteiger partial charge in [-0.15, -0.1) is 0 Å². The van der Waals surface area contributed by atoms with Gasteiger partial charge in [0, 0.05) is 5.30 Å². The summed E-state index contributed by atoms with van der Waals surface area (Å²) >= 11 is 0. The number of aryl methyl sites for hydroxylation is 3. The van der Waals surface area contributed by atoms with Crippen LogP contribution in [0, 0.1) is 27.7 Å². The van der Waals surface area contributed by atoms with E-state index in [0.717, 1.165) is 16.6 Å². The van der Waals surface area contributed by atoms with Crippen molar-refractivity contribution in [1.29, 1.82) is 0 Å². The van der Waals surface area contributed by atoms with Crippen LogP contribution in [0.1, 0.15) is 29.2 Å². The van der Waals surface area contributed by atoms with Crippen LogP contribution in [-0.2, 0) is 4.57 Å². The van der Waals surface area contributed by atoms with Gasteiger partial charge < -0.3 is 4.74 Å². The van der Waals surface area contributed by atoms with Crippen LogP contribution in [-0.4, -0.2) is 6.61 Å². The summed E-state index contributed by atoms with van der Waals surface area (Å²) < 4.78 is 15.8. The molecule has 21 heavy (non-hydrogen) atoms. The van der Waals surface area contributed by atoms with Gasteiger partial charge in [-0.1, -0.05) is 18.2 Å². The van der Waals surface area contributed by atoms with Crippen molar-refractivity contribution in [2.75, 3.05) is 6.61 Å². The van der Waals surface area contributed by atoms with E-state index < -0.39 is 0 Å². The third kappa shape index (κ3) is 5.32. The summed E-state index contributed by atoms with van der Waals surface area (Å²) in [5, 5.41) is 0.818. The molecule has 0 atom stereocenters. The summed E-state index contributed by atoms with van der Waals surface area (Å²) in [5.41, 5.74) is 5.18. The van der Waals surface area contributed by atoms with E-state index >= 15 is 0 Å². The molecule has 0 unspecified atom stereocenters. The van der Waals surface area contributed by atoms with Crippen molar-refractivity contribution in [3.63, 3.8) is 0 Å². The molecule has 0 fully saturated rings. The minimum Gasteiger partial charge on any atom is -0.494 e. The van der Waals surface area contributed by atoms with Crippen LogP contribution in [0.3, 0.4) is 0 Å². The Balaban J connectivity index is 0.000000219. The Labute approximate surface area is 129 Å². The molecular formula is C18H23O2P. The van der Waals surface area contributed by atoms with Crippen molar-refractivity contribution in [3.8, 4) is 5.75 Å². The fourth-order valence-electron chi connectivity index (χ4n) is 1.88. The highest BCUT2D eigenvalue weighted by molar-refractivity contribution is 7.34. The maximum Gasteiger partial charge on any atom is 0.192 e. The maximum atomic E-state index is 10.6. The first-order valence-corrected chi connectivity index (χ1v) is 7.90. The van der Waals surface area contributed by atoms with E-state index in [1.165, 1.54) is 16.7 Å². The van der Waals surface area contributed by atoms with Crippen LogP contribution >= 0.6 is 8.46 Å². The summed E-state index contributed by atoms with van der Waals surface area (Å²) in [6.45, 7) is 11.0. The molecular weight excluding hydrogens is 279 g/mol. The van der Waals surface area contributed by atoms with E-state index in [0.29, 0.717) is 6.61 Å². The molecule has 0 aliphatic heterocycles. The number of hydrogen-bond acceptors (Lipinski definition) is 2. The zero-order valence-electron chi connectivity index (χ0n) is 13.4. The summed E-state index contributed by atoms with van der Waals surface area (Å²) in [6.07, 6.45) is 0. The van der Waals surface area contributed by atoms with Crippen LogP contribution in [0.5, 0.6) is 5.75 Å². The predicted octanol–water partition coefficient (Wildman–Crippen LogP) is 4.92. The third-order valence-corrected chi connectivity index (χ3v) is 4.15. The Hall–Kier alpha value is -1.66. The zero-order valence-corrected chi connectivity index (χ0v) is 14.3. The second kappa shape index (κ2) is 8.59. The summed E-state index contributed by atoms with van der Waals surface area (Å²) in [6, 6.07) is 11.9. The molecule has 0 aliphatic rings. The molecule has 0 aliphatic carbocycles. The first-order valence-electron chi connectivity index (χ1n) is 7.09. The number of benzene rings is 2. The minimum atomic E-state index is 0.0692. The Kier molecular flexibility index (Phi) is 7.11. The second-order valence-corrected chi connectivity index (χ2v) is 5.65. The average Bonchev–Trinajstić information content (AvgIpc) is 2.46. The number of ether oxygens (including phenoxy) is 1. The van der Waals surface area contributed by atoms with E-state index in [1.807, 2.05) is 32.0 Å². The van der Waals surface area contributed by atoms with E-state index in [9.17, 15) is 4.57 Å². The monoisotopic (exact) mass is 302 g/mol. The number of rotatable bonds is 3. The average molecular weight is 302 g/mol. The second-order valence-electron chi connectivity index (χ2n) is 4.99. The van der Waals surface area contributed by atoms with Crippen LogP contribution in [0.2, 0.25) is 0 Å². The third-order valence-electron chi connectivity index (χ3n) is 3.45. The molecule has 2 aromatic carbocycles. The highest BCUT2D eigenvalue weighted by Gasteiger charge is 1.99. The van der Waals surface area contributed by atoms with Gasteiger partial charge in [-0.2, -0.15) is 0 Å². The van der Waals surface area contributed by atoms with Gasteiger partial charge in [0.05, 0.1) is 6.61 Å². The van der Waals surface area contributed by atoms with Gasteiger partial charge in [-0.05, 0) is 75.1 Å². The Morgan fingerprint density at radius 1 is 0.952 bits per heavy atom. The molecule has 3 heteroatoms. The standard InChI is InChI=1S/C9H11O2P.C9H12/c1-3-11-8-4-5-9(12-10)7(2)6-8;1-7-5-4-6-8(2)9(7)3/h4-6H,3H2,1-2H3;4-6H,1-3H3. The molecule has 0 radical (unpaired) electrons. The SMILES string of the molecule is CCOc1ccc(P=O)c(C)c1.Cc1cccc(C)c1C. The quantitative estimate of drug-likeness (QED) is 0.752. The molecule has 0 amide bonds. The highest BCUT2D eigenvalue weighted by atomic mass is 31.1. The van der Waals surface area contributed by atoms with E-state index in [-0.39, 0.29) is 8.46 Å². The lowest BCUT2D eigenvalue weighted by atomic mass is 10.1. The molecule has 0 spiro atoms. The largest absolute Gasteiger partial charge is 0.494 e. The lowest BCUT2D eigenvalue weighted by molar-refractivity contribution is 0.340. The molecule has 2 nitrogen and oxygen atoms in total. The maximum absolute atomic E-state index is 10.6. The molecule has 2 rings (SSSR count). The topological polar surface area (TPSA) is 26.3 Å². The van der Waals surface area contributed by atoms with E-state index in [2.05, 4.69) is 39.0 Å². The minimum absolute atomic E-state index is 0.0692. The molecule has 112 valence electrons. The summed E-state index contributed by atoms with van der Waals surface area (Å²) in [7, 11) is 0.0692. The van der Waals surface area contributed by atoms with Gasteiger partial charge in [0.15, 0.2) is 8.46 Å². The summed E-state index contributed by atoms with van der Waals surface area (Å²) in [4.78, 5) is 0. The van der Waals surface area contributed by atoms with Gasteiger partial charge in [0.2, 0.25) is 0 Å². The smallest absolute Gasteiger partial charge is 0.192 e. The Morgan fingerprint density at radius 3 is 2.00 bits per heavy atom. The molecule has 0 aromatic heterocycles. The molecule has 0 heterocycles. The fourth-order valence-corrected chi connectivity index (χ4v) is 2.23. The van der Waals surface area contributed by atoms with E-state index in [4.69, 9.17) is 4.74 Å². The predicted molar refractivity (Wildman–Crippen MR) is 90.2 cm³/mol. The van der Waals surface area contributed by atoms with Crippen molar-refractivity contribution in [2.24, 2.45) is 0 Å². The van der Waals surface area contributed by atoms with Gasteiger partial charge in [0.1, 0.15) is 5.75 Å². The van der Waals surface area contributed by atoms with Gasteiger partial charge >= 0.3 is 0 Å². The van der Waals surface area contributed by atoms with Gasteiger partial charge in [0.25, 0.3) is 0 Å². The van der Waals surface area contributed by atoms with Crippen molar-refractivity contribution >= 4 is 13.8 Å². The van der Waals surface area contributed by atoms with Crippen LogP contribution in [0.25, 0.3) is 0 Å². The lowest BCUT2D eigenvalue weighted by Crippen LogP contribution is -1.99. The van der Waals surface area contributed by atoms with Crippen LogP contribution in [0.15, 0.2) is 36.4 Å². The van der Waals surface area contributed by atoms with Gasteiger partial charge in [-0.3, -0.25) is 4.57 Å². The van der Waals surface area contributed by atoms with Crippen LogP contribution in [0.4, 0.5) is 0 Å². The van der Waals surface area contributed by atoms with Crippen molar-refractivity contribution in [1.82, 2.24) is 0 Å². The normalized spacial score (nSPS) is 9.95. The first kappa shape index (κ1) is 17.4. The van der Waals surface area contributed by atoms with Crippen LogP contribution < -0.4 is 10.0 Å². The molecule has 0 N–H and O–H groups in total. The molecule has 0 saturated heterocycles. The van der Waals surface area contributed by atoms with Crippen molar-refractivity contribution in [2.45, 2.75) is 34.6 Å². The fraction of sp³-hybridized carbons (Fsp3) is 0.333. The lowest BCUT2D eigenvalue weighted by Gasteiger charge is -2.03. The van der Waals surface area contributed by atoms with Crippen molar-refractivity contribution in [3.05, 3.63) is 58.7 Å². The zero-order chi connectivity index (χ0) is 15.8. The number of hydrogen-bond donors (Lipinski definition) is 0. The van der Waals surface area contributed by atoms with E-state index in [1.54, 1.807) is 0 Å².